The van der Waals surface area contributed by atoms with Crippen LogP contribution in [0.15, 0.2) is 42.5 Å². The molecule has 4 rings (SSSR count). The van der Waals surface area contributed by atoms with Gasteiger partial charge in [0.05, 0.1) is 18.6 Å². The van der Waals surface area contributed by atoms with Crippen LogP contribution in [0.1, 0.15) is 37.8 Å². The zero-order valence-corrected chi connectivity index (χ0v) is 20.3. The number of carbonyl (C=O) groups excluding carboxylic acids is 1. The highest BCUT2D eigenvalue weighted by Gasteiger charge is 2.49. The predicted molar refractivity (Wildman–Crippen MR) is 127 cm³/mol. The van der Waals surface area contributed by atoms with Gasteiger partial charge < -0.3 is 19.6 Å². The normalized spacial score (nSPS) is 29.9. The molecule has 2 aliphatic rings. The Balaban J connectivity index is 1.56. The first-order valence-corrected chi connectivity index (χ1v) is 12.0. The van der Waals surface area contributed by atoms with Crippen molar-refractivity contribution in [3.05, 3.63) is 65.2 Å². The number of amides is 1. The van der Waals surface area contributed by atoms with Crippen LogP contribution in [-0.2, 0) is 10.4 Å². The Morgan fingerprint density at radius 1 is 1.06 bits per heavy atom. The Bertz CT molecular complexity index is 1020. The quantitative estimate of drug-likeness (QED) is 0.715. The Morgan fingerprint density at radius 3 is 2.26 bits per heavy atom. The van der Waals surface area contributed by atoms with Crippen molar-refractivity contribution in [1.29, 1.82) is 0 Å². The van der Waals surface area contributed by atoms with Crippen molar-refractivity contribution in [2.45, 2.75) is 32.3 Å². The number of hydrogen-bond acceptors (Lipinski definition) is 4. The molecule has 2 aliphatic heterocycles. The molecule has 1 N–H and O–H groups in total. The number of likely N-dealkylation sites (tertiary alicyclic amines) is 2. The van der Waals surface area contributed by atoms with Crippen molar-refractivity contribution in [1.82, 2.24) is 9.80 Å². The molecule has 2 aromatic rings. The van der Waals surface area contributed by atoms with Crippen molar-refractivity contribution in [2.24, 2.45) is 17.8 Å². The van der Waals surface area contributed by atoms with Gasteiger partial charge in [0.15, 0.2) is 0 Å². The number of rotatable bonds is 5. The fourth-order valence-electron chi connectivity index (χ4n) is 5.85. The molecule has 2 fully saturated rings. The summed E-state index contributed by atoms with van der Waals surface area (Å²) in [7, 11) is 1.60. The Morgan fingerprint density at radius 2 is 1.71 bits per heavy atom. The lowest BCUT2D eigenvalue weighted by atomic mass is 9.70. The molecule has 184 valence electrons. The fourth-order valence-corrected chi connectivity index (χ4v) is 5.85. The number of hydrogen-bond donors (Lipinski definition) is 1. The summed E-state index contributed by atoms with van der Waals surface area (Å²) in [6, 6.07) is 11.1. The van der Waals surface area contributed by atoms with E-state index >= 15 is 0 Å². The molecule has 7 heteroatoms. The average molecular weight is 473 g/mol. The number of nitrogens with zero attached hydrogens (tertiary/aromatic N) is 2. The van der Waals surface area contributed by atoms with E-state index in [0.29, 0.717) is 31.7 Å². The SMILES string of the molecule is CCN1C[C@@H](C(=O)N2C[C@@H](C)C(O)(c3ccc(OC)cc3)[C@@H](C)C2)[C@H](c2ccc(F)cc2F)C1. The Labute approximate surface area is 200 Å². The highest BCUT2D eigenvalue weighted by atomic mass is 19.1. The van der Waals surface area contributed by atoms with Gasteiger partial charge in [-0.2, -0.15) is 0 Å². The zero-order valence-electron chi connectivity index (χ0n) is 20.3. The van der Waals surface area contributed by atoms with E-state index in [4.69, 9.17) is 4.74 Å². The molecule has 2 heterocycles. The molecule has 34 heavy (non-hydrogen) atoms. The monoisotopic (exact) mass is 472 g/mol. The summed E-state index contributed by atoms with van der Waals surface area (Å²) < 4.78 is 33.4. The maximum atomic E-state index is 14.7. The molecule has 0 bridgehead atoms. The van der Waals surface area contributed by atoms with E-state index in [1.165, 1.54) is 12.1 Å². The van der Waals surface area contributed by atoms with E-state index in [2.05, 4.69) is 4.90 Å². The molecule has 0 spiro atoms. The lowest BCUT2D eigenvalue weighted by Gasteiger charge is -2.48. The molecule has 0 saturated carbocycles. The van der Waals surface area contributed by atoms with E-state index in [9.17, 15) is 18.7 Å². The second-order valence-corrected chi connectivity index (χ2v) is 9.83. The molecule has 5 nitrogen and oxygen atoms in total. The van der Waals surface area contributed by atoms with Gasteiger partial charge in [0, 0.05) is 50.0 Å². The minimum Gasteiger partial charge on any atom is -0.497 e. The second-order valence-electron chi connectivity index (χ2n) is 9.83. The summed E-state index contributed by atoms with van der Waals surface area (Å²) in [5.41, 5.74) is 0.129. The standard InChI is InChI=1S/C27H34F2N2O3/c1-5-30-15-23(22-11-8-20(28)12-25(22)29)24(16-30)26(32)31-13-17(2)27(33,18(3)14-31)19-6-9-21(34-4)10-7-19/h6-12,17-18,23-24,33H,5,13-16H2,1-4H3/t17-,18+,23-,24+,27?/m0/s1. The smallest absolute Gasteiger partial charge is 0.227 e. The summed E-state index contributed by atoms with van der Waals surface area (Å²) in [5.74, 6) is -1.66. The molecule has 0 aliphatic carbocycles. The number of halogens is 2. The number of piperidine rings is 1. The molecule has 2 aromatic carbocycles. The molecule has 0 aromatic heterocycles. The van der Waals surface area contributed by atoms with Gasteiger partial charge in [-0.05, 0) is 35.9 Å². The number of aliphatic hydroxyl groups is 1. The highest BCUT2D eigenvalue weighted by molar-refractivity contribution is 5.81. The van der Waals surface area contributed by atoms with Crippen LogP contribution < -0.4 is 4.74 Å². The summed E-state index contributed by atoms with van der Waals surface area (Å²) in [6.45, 7) is 8.62. The van der Waals surface area contributed by atoms with E-state index in [1.54, 1.807) is 7.11 Å². The van der Waals surface area contributed by atoms with Gasteiger partial charge in [-0.1, -0.05) is 39.0 Å². The van der Waals surface area contributed by atoms with Crippen LogP contribution in [0.25, 0.3) is 0 Å². The summed E-state index contributed by atoms with van der Waals surface area (Å²) >= 11 is 0. The van der Waals surface area contributed by atoms with Gasteiger partial charge in [0.25, 0.3) is 0 Å². The highest BCUT2D eigenvalue weighted by Crippen LogP contribution is 2.43. The first kappa shape index (κ1) is 24.6. The average Bonchev–Trinajstić information content (AvgIpc) is 3.26. The number of methoxy groups -OCH3 is 1. The largest absolute Gasteiger partial charge is 0.497 e. The molecular weight excluding hydrogens is 438 g/mol. The van der Waals surface area contributed by atoms with Crippen LogP contribution in [0.3, 0.4) is 0 Å². The molecule has 1 amide bonds. The van der Waals surface area contributed by atoms with Gasteiger partial charge in [-0.15, -0.1) is 0 Å². The third-order valence-corrected chi connectivity index (χ3v) is 7.88. The van der Waals surface area contributed by atoms with Crippen LogP contribution in [0.2, 0.25) is 0 Å². The molecule has 0 radical (unpaired) electrons. The topological polar surface area (TPSA) is 53.0 Å². The Kier molecular flexibility index (Phi) is 6.97. The maximum Gasteiger partial charge on any atom is 0.227 e. The van der Waals surface area contributed by atoms with Gasteiger partial charge >= 0.3 is 0 Å². The molecule has 2 saturated heterocycles. The van der Waals surface area contributed by atoms with Crippen molar-refractivity contribution in [3.8, 4) is 5.75 Å². The third-order valence-electron chi connectivity index (χ3n) is 7.88. The predicted octanol–water partition coefficient (Wildman–Crippen LogP) is 4.01. The number of benzene rings is 2. The fraction of sp³-hybridized carbons (Fsp3) is 0.519. The number of carbonyl (C=O) groups is 1. The lowest BCUT2D eigenvalue weighted by Crippen LogP contribution is -2.57. The lowest BCUT2D eigenvalue weighted by molar-refractivity contribution is -0.152. The third kappa shape index (κ3) is 4.31. The first-order chi connectivity index (χ1) is 16.2. The molecular formula is C27H34F2N2O3. The van der Waals surface area contributed by atoms with Gasteiger partial charge in [0.2, 0.25) is 5.91 Å². The Hall–Kier alpha value is -2.51. The second kappa shape index (κ2) is 9.62. The zero-order chi connectivity index (χ0) is 24.6. The maximum absolute atomic E-state index is 14.7. The van der Waals surface area contributed by atoms with Crippen LogP contribution in [0, 0.1) is 29.4 Å². The van der Waals surface area contributed by atoms with Crippen molar-refractivity contribution in [2.75, 3.05) is 39.8 Å². The summed E-state index contributed by atoms with van der Waals surface area (Å²) in [4.78, 5) is 17.7. The van der Waals surface area contributed by atoms with E-state index in [0.717, 1.165) is 23.9 Å². The van der Waals surface area contributed by atoms with Gasteiger partial charge in [0.1, 0.15) is 17.4 Å². The van der Waals surface area contributed by atoms with Gasteiger partial charge in [-0.25, -0.2) is 8.78 Å². The minimum absolute atomic E-state index is 0.0276. The van der Waals surface area contributed by atoms with Crippen LogP contribution in [-0.4, -0.2) is 60.6 Å². The van der Waals surface area contributed by atoms with Crippen LogP contribution in [0.5, 0.6) is 5.75 Å². The van der Waals surface area contributed by atoms with Crippen LogP contribution in [0.4, 0.5) is 8.78 Å². The summed E-state index contributed by atoms with van der Waals surface area (Å²) in [6.07, 6.45) is 0. The van der Waals surface area contributed by atoms with E-state index < -0.39 is 23.2 Å². The van der Waals surface area contributed by atoms with Crippen molar-refractivity contribution >= 4 is 5.91 Å². The van der Waals surface area contributed by atoms with E-state index in [1.807, 2.05) is 49.9 Å². The van der Waals surface area contributed by atoms with Crippen molar-refractivity contribution < 1.29 is 23.4 Å². The minimum atomic E-state index is -1.07. The van der Waals surface area contributed by atoms with Crippen molar-refractivity contribution in [3.63, 3.8) is 0 Å². The summed E-state index contributed by atoms with van der Waals surface area (Å²) in [5, 5.41) is 11.7. The van der Waals surface area contributed by atoms with E-state index in [-0.39, 0.29) is 23.7 Å². The van der Waals surface area contributed by atoms with Gasteiger partial charge in [-0.3, -0.25) is 4.79 Å². The first-order valence-electron chi connectivity index (χ1n) is 12.0. The van der Waals surface area contributed by atoms with Crippen LogP contribution >= 0.6 is 0 Å². The molecule has 5 atom stereocenters. The number of ether oxygens (including phenoxy) is 1. The number of likely N-dealkylation sites (N-methyl/N-ethyl adjacent to an activating group) is 1. The molecule has 1 unspecified atom stereocenters.